The number of methoxy groups -OCH3 is 1. The minimum Gasteiger partial charge on any atom is -0.497 e. The van der Waals surface area contributed by atoms with E-state index in [1.54, 1.807) is 13.2 Å². The number of nitrogens with zero attached hydrogens (tertiary/aromatic N) is 1. The van der Waals surface area contributed by atoms with Gasteiger partial charge in [0.15, 0.2) is 11.5 Å². The van der Waals surface area contributed by atoms with E-state index in [1.165, 1.54) is 0 Å². The first-order chi connectivity index (χ1) is 12.9. The number of pyridine rings is 1. The van der Waals surface area contributed by atoms with Crippen molar-refractivity contribution in [2.24, 2.45) is 0 Å². The zero-order valence-corrected chi connectivity index (χ0v) is 17.7. The lowest BCUT2D eigenvalue weighted by molar-refractivity contribution is -0.141. The third kappa shape index (κ3) is 5.48. The third-order valence-corrected chi connectivity index (χ3v) is 4.66. The number of hydrogen-bond donors (Lipinski definition) is 0. The van der Waals surface area contributed by atoms with Gasteiger partial charge in [-0.25, -0.2) is 0 Å². The molecule has 146 valence electrons. The van der Waals surface area contributed by atoms with Crippen LogP contribution in [0.5, 0.6) is 17.4 Å². The van der Waals surface area contributed by atoms with Crippen LogP contribution in [0.15, 0.2) is 34.8 Å². The highest BCUT2D eigenvalue weighted by Crippen LogP contribution is 2.37. The number of benzene rings is 1. The number of hydrogen-bond acceptors (Lipinski definition) is 6. The standard InChI is InChI=1S/C19H21BrClNO5/c1-19(2)26-11-14(27-19)10-25-18-17(15(20)8-16(21)22-18)24-9-12-4-6-13(23-3)7-5-12/h4-8,14H,9-11H2,1-3H3. The van der Waals surface area contributed by atoms with E-state index in [4.69, 9.17) is 35.3 Å². The molecule has 0 saturated carbocycles. The van der Waals surface area contributed by atoms with Crippen LogP contribution < -0.4 is 14.2 Å². The van der Waals surface area contributed by atoms with Crippen LogP contribution in [-0.2, 0) is 16.1 Å². The van der Waals surface area contributed by atoms with Crippen LogP contribution in [0.4, 0.5) is 0 Å². The van der Waals surface area contributed by atoms with Crippen molar-refractivity contribution >= 4 is 27.5 Å². The molecule has 0 aliphatic carbocycles. The minimum absolute atomic E-state index is 0.186. The van der Waals surface area contributed by atoms with Crippen molar-refractivity contribution in [3.05, 3.63) is 45.5 Å². The maximum atomic E-state index is 6.07. The summed E-state index contributed by atoms with van der Waals surface area (Å²) in [4.78, 5) is 4.24. The van der Waals surface area contributed by atoms with Crippen LogP contribution in [-0.4, -0.2) is 37.2 Å². The molecule has 1 aliphatic heterocycles. The van der Waals surface area contributed by atoms with E-state index in [0.29, 0.717) is 34.5 Å². The second-order valence-electron chi connectivity index (χ2n) is 6.46. The normalized spacial score (nSPS) is 18.3. The van der Waals surface area contributed by atoms with E-state index in [0.717, 1.165) is 11.3 Å². The SMILES string of the molecule is COc1ccc(COc2c(Br)cc(Cl)nc2OCC2COC(C)(C)O2)cc1. The molecule has 8 heteroatoms. The summed E-state index contributed by atoms with van der Waals surface area (Å²) in [5, 5.41) is 0.303. The van der Waals surface area contributed by atoms with Gasteiger partial charge in [0.05, 0.1) is 18.2 Å². The lowest BCUT2D eigenvalue weighted by Gasteiger charge is -2.18. The Labute approximate surface area is 171 Å². The molecule has 0 amide bonds. The van der Waals surface area contributed by atoms with Crippen LogP contribution in [0.2, 0.25) is 5.15 Å². The molecular formula is C19H21BrClNO5. The fourth-order valence-electron chi connectivity index (χ4n) is 2.58. The van der Waals surface area contributed by atoms with Gasteiger partial charge in [0.1, 0.15) is 30.2 Å². The van der Waals surface area contributed by atoms with E-state index in [-0.39, 0.29) is 12.7 Å². The molecule has 1 unspecified atom stereocenters. The van der Waals surface area contributed by atoms with Crippen LogP contribution in [0, 0.1) is 0 Å². The van der Waals surface area contributed by atoms with Crippen LogP contribution >= 0.6 is 27.5 Å². The van der Waals surface area contributed by atoms with Gasteiger partial charge in [0, 0.05) is 0 Å². The fourth-order valence-corrected chi connectivity index (χ4v) is 3.39. The summed E-state index contributed by atoms with van der Waals surface area (Å²) in [5.74, 6) is 0.966. The van der Waals surface area contributed by atoms with E-state index >= 15 is 0 Å². The molecule has 0 N–H and O–H groups in total. The van der Waals surface area contributed by atoms with Crippen molar-refractivity contribution in [3.8, 4) is 17.4 Å². The monoisotopic (exact) mass is 457 g/mol. The van der Waals surface area contributed by atoms with E-state index in [9.17, 15) is 0 Å². The summed E-state index contributed by atoms with van der Waals surface area (Å²) < 4.78 is 28.9. The minimum atomic E-state index is -0.607. The largest absolute Gasteiger partial charge is 0.497 e. The maximum Gasteiger partial charge on any atom is 0.259 e. The Morgan fingerprint density at radius 2 is 2.00 bits per heavy atom. The quantitative estimate of drug-likeness (QED) is 0.565. The molecule has 0 spiro atoms. The fraction of sp³-hybridized carbons (Fsp3) is 0.421. The molecule has 1 fully saturated rings. The lowest BCUT2D eigenvalue weighted by Crippen LogP contribution is -2.25. The zero-order chi connectivity index (χ0) is 19.4. The average molecular weight is 459 g/mol. The van der Waals surface area contributed by atoms with Gasteiger partial charge in [-0.05, 0) is 53.5 Å². The third-order valence-electron chi connectivity index (χ3n) is 3.88. The van der Waals surface area contributed by atoms with Gasteiger partial charge < -0.3 is 23.7 Å². The number of halogens is 2. The second-order valence-corrected chi connectivity index (χ2v) is 7.70. The molecule has 1 aliphatic rings. The highest BCUT2D eigenvalue weighted by atomic mass is 79.9. The summed E-state index contributed by atoms with van der Waals surface area (Å²) in [6.07, 6.45) is -0.186. The molecule has 2 aromatic rings. The van der Waals surface area contributed by atoms with Crippen LogP contribution in [0.3, 0.4) is 0 Å². The molecule has 0 radical (unpaired) electrons. The predicted molar refractivity (Wildman–Crippen MR) is 105 cm³/mol. The summed E-state index contributed by atoms with van der Waals surface area (Å²) >= 11 is 9.53. The molecular weight excluding hydrogens is 438 g/mol. The Bertz CT molecular complexity index is 784. The number of aromatic nitrogens is 1. The van der Waals surface area contributed by atoms with Crippen molar-refractivity contribution in [1.82, 2.24) is 4.98 Å². The lowest BCUT2D eigenvalue weighted by atomic mass is 10.2. The highest BCUT2D eigenvalue weighted by molar-refractivity contribution is 9.10. The smallest absolute Gasteiger partial charge is 0.259 e. The summed E-state index contributed by atoms with van der Waals surface area (Å²) in [6.45, 7) is 4.81. The molecule has 3 rings (SSSR count). The van der Waals surface area contributed by atoms with Crippen molar-refractivity contribution in [2.45, 2.75) is 32.3 Å². The van der Waals surface area contributed by atoms with Gasteiger partial charge in [-0.3, -0.25) is 0 Å². The molecule has 1 aromatic carbocycles. The van der Waals surface area contributed by atoms with Crippen molar-refractivity contribution in [3.63, 3.8) is 0 Å². The second kappa shape index (κ2) is 8.65. The summed E-state index contributed by atoms with van der Waals surface area (Å²) in [5.41, 5.74) is 0.984. The van der Waals surface area contributed by atoms with Crippen LogP contribution in [0.25, 0.3) is 0 Å². The number of rotatable bonds is 7. The van der Waals surface area contributed by atoms with Gasteiger partial charge >= 0.3 is 0 Å². The van der Waals surface area contributed by atoms with Gasteiger partial charge in [-0.1, -0.05) is 23.7 Å². The molecule has 1 atom stereocenters. The van der Waals surface area contributed by atoms with E-state index < -0.39 is 5.79 Å². The first-order valence-corrected chi connectivity index (χ1v) is 9.60. The highest BCUT2D eigenvalue weighted by Gasteiger charge is 2.33. The predicted octanol–water partition coefficient (Wildman–Crippen LogP) is 4.62. The topological polar surface area (TPSA) is 59.0 Å². The molecule has 1 aromatic heterocycles. The Kier molecular flexibility index (Phi) is 6.47. The first-order valence-electron chi connectivity index (χ1n) is 8.42. The Morgan fingerprint density at radius 1 is 1.26 bits per heavy atom. The molecule has 2 heterocycles. The average Bonchev–Trinajstić information content (AvgIpc) is 2.98. The molecule has 1 saturated heterocycles. The molecule has 6 nitrogen and oxygen atoms in total. The first kappa shape index (κ1) is 20.2. The zero-order valence-electron chi connectivity index (χ0n) is 15.3. The Morgan fingerprint density at radius 3 is 2.63 bits per heavy atom. The van der Waals surface area contributed by atoms with Crippen LogP contribution in [0.1, 0.15) is 19.4 Å². The maximum absolute atomic E-state index is 6.07. The molecule has 0 bridgehead atoms. The summed E-state index contributed by atoms with van der Waals surface area (Å²) in [7, 11) is 1.63. The van der Waals surface area contributed by atoms with E-state index in [2.05, 4.69) is 20.9 Å². The van der Waals surface area contributed by atoms with Gasteiger partial charge in [-0.2, -0.15) is 4.98 Å². The summed E-state index contributed by atoms with van der Waals surface area (Å²) in [6, 6.07) is 9.29. The van der Waals surface area contributed by atoms with Crippen molar-refractivity contribution in [2.75, 3.05) is 20.3 Å². The van der Waals surface area contributed by atoms with Gasteiger partial charge in [0.25, 0.3) is 5.88 Å². The Balaban J connectivity index is 1.68. The van der Waals surface area contributed by atoms with Gasteiger partial charge in [-0.15, -0.1) is 0 Å². The number of ether oxygens (including phenoxy) is 5. The molecule has 27 heavy (non-hydrogen) atoms. The van der Waals surface area contributed by atoms with Crippen molar-refractivity contribution in [1.29, 1.82) is 0 Å². The van der Waals surface area contributed by atoms with Gasteiger partial charge in [0.2, 0.25) is 0 Å². The van der Waals surface area contributed by atoms with Crippen molar-refractivity contribution < 1.29 is 23.7 Å². The Hall–Kier alpha value is -1.54. The van der Waals surface area contributed by atoms with E-state index in [1.807, 2.05) is 38.1 Å².